The molecule has 0 unspecified atom stereocenters. The van der Waals surface area contributed by atoms with Crippen molar-refractivity contribution in [2.75, 3.05) is 0 Å². The molecule has 1 aromatic rings. The number of benzene rings is 1. The van der Waals surface area contributed by atoms with Crippen molar-refractivity contribution in [3.63, 3.8) is 0 Å². The van der Waals surface area contributed by atoms with Crippen molar-refractivity contribution >= 4 is 14.7 Å². The summed E-state index contributed by atoms with van der Waals surface area (Å²) in [6.07, 6.45) is 7.50. The third-order valence-electron chi connectivity index (χ3n) is 3.09. The molecule has 1 heteroatoms. The Morgan fingerprint density at radius 1 is 0.923 bits per heavy atom. The maximum atomic E-state index is 2.32. The van der Waals surface area contributed by atoms with Gasteiger partial charge in [-0.05, 0) is 5.54 Å². The quantitative estimate of drug-likeness (QED) is 0.627. The van der Waals surface area contributed by atoms with E-state index in [0.717, 1.165) is 5.54 Å². The molecule has 2 rings (SSSR count). The molecule has 0 N–H and O–H groups in total. The van der Waals surface area contributed by atoms with Crippen LogP contribution in [0, 0.1) is 0 Å². The van der Waals surface area contributed by atoms with Crippen LogP contribution in [0.2, 0.25) is 5.54 Å². The van der Waals surface area contributed by atoms with Gasteiger partial charge in [0.1, 0.15) is 0 Å². The van der Waals surface area contributed by atoms with E-state index in [1.165, 1.54) is 32.1 Å². The van der Waals surface area contributed by atoms with Crippen LogP contribution in [0.3, 0.4) is 0 Å². The normalized spacial score (nSPS) is 19.7. The van der Waals surface area contributed by atoms with Gasteiger partial charge in [-0.25, -0.2) is 0 Å². The summed E-state index contributed by atoms with van der Waals surface area (Å²) in [5, 5.41) is 1.66. The van der Waals surface area contributed by atoms with Crippen LogP contribution in [-0.2, 0) is 0 Å². The fourth-order valence-corrected chi connectivity index (χ4v) is 4.54. The van der Waals surface area contributed by atoms with Crippen LogP contribution in [0.15, 0.2) is 30.3 Å². The van der Waals surface area contributed by atoms with Crippen LogP contribution in [-0.4, -0.2) is 9.52 Å². The molecular formula is C12H18Si. The highest BCUT2D eigenvalue weighted by molar-refractivity contribution is 6.54. The van der Waals surface area contributed by atoms with Gasteiger partial charge < -0.3 is 0 Å². The molecular weight excluding hydrogens is 172 g/mol. The molecule has 1 aliphatic rings. The van der Waals surface area contributed by atoms with Crippen LogP contribution in [0.1, 0.15) is 32.1 Å². The SMILES string of the molecule is c1ccc([SiH2]C2CCCCC2)cc1. The predicted molar refractivity (Wildman–Crippen MR) is 61.5 cm³/mol. The van der Waals surface area contributed by atoms with Gasteiger partial charge in [0.25, 0.3) is 0 Å². The Hall–Kier alpha value is -0.563. The lowest BCUT2D eigenvalue weighted by molar-refractivity contribution is 0.502. The van der Waals surface area contributed by atoms with E-state index in [2.05, 4.69) is 30.3 Å². The molecule has 0 aromatic heterocycles. The zero-order valence-electron chi connectivity index (χ0n) is 8.21. The average molecular weight is 190 g/mol. The lowest BCUT2D eigenvalue weighted by atomic mass is 10.0. The molecule has 13 heavy (non-hydrogen) atoms. The minimum Gasteiger partial charge on any atom is -0.0667 e. The van der Waals surface area contributed by atoms with Gasteiger partial charge in [0.2, 0.25) is 0 Å². The zero-order valence-corrected chi connectivity index (χ0v) is 9.62. The molecule has 1 saturated carbocycles. The minimum atomic E-state index is 0.0428. The van der Waals surface area contributed by atoms with Crippen molar-refractivity contribution in [2.24, 2.45) is 0 Å². The van der Waals surface area contributed by atoms with Gasteiger partial charge in [0.15, 0.2) is 0 Å². The summed E-state index contributed by atoms with van der Waals surface area (Å²) in [5.74, 6) is 0. The van der Waals surface area contributed by atoms with Crippen LogP contribution in [0.5, 0.6) is 0 Å². The topological polar surface area (TPSA) is 0 Å². The Balaban J connectivity index is 1.90. The van der Waals surface area contributed by atoms with E-state index >= 15 is 0 Å². The van der Waals surface area contributed by atoms with E-state index in [9.17, 15) is 0 Å². The second-order valence-electron chi connectivity index (χ2n) is 4.19. The first-order valence-electron chi connectivity index (χ1n) is 5.49. The fraction of sp³-hybridized carbons (Fsp3) is 0.500. The van der Waals surface area contributed by atoms with Crippen LogP contribution >= 0.6 is 0 Å². The first-order valence-corrected chi connectivity index (χ1v) is 7.01. The van der Waals surface area contributed by atoms with E-state index < -0.39 is 0 Å². The first kappa shape index (κ1) is 9.01. The third-order valence-corrected chi connectivity index (χ3v) is 5.43. The summed E-state index contributed by atoms with van der Waals surface area (Å²) in [5.41, 5.74) is 1.11. The van der Waals surface area contributed by atoms with Gasteiger partial charge in [-0.1, -0.05) is 67.6 Å². The van der Waals surface area contributed by atoms with Crippen molar-refractivity contribution in [2.45, 2.75) is 37.6 Å². The highest BCUT2D eigenvalue weighted by atomic mass is 28.2. The Morgan fingerprint density at radius 3 is 2.31 bits per heavy atom. The molecule has 0 aliphatic heterocycles. The lowest BCUT2D eigenvalue weighted by Gasteiger charge is -2.20. The first-order chi connectivity index (χ1) is 6.45. The van der Waals surface area contributed by atoms with Gasteiger partial charge in [-0.2, -0.15) is 0 Å². The third kappa shape index (κ3) is 2.70. The largest absolute Gasteiger partial charge is 0.0667 e. The molecule has 1 fully saturated rings. The van der Waals surface area contributed by atoms with Gasteiger partial charge in [-0.3, -0.25) is 0 Å². The molecule has 0 heterocycles. The summed E-state index contributed by atoms with van der Waals surface area (Å²) in [6, 6.07) is 11.1. The molecule has 0 spiro atoms. The van der Waals surface area contributed by atoms with Crippen molar-refractivity contribution in [3.05, 3.63) is 30.3 Å². The fourth-order valence-electron chi connectivity index (χ4n) is 2.34. The van der Waals surface area contributed by atoms with Crippen LogP contribution in [0.4, 0.5) is 0 Å². The molecule has 0 atom stereocenters. The van der Waals surface area contributed by atoms with Crippen molar-refractivity contribution in [3.8, 4) is 0 Å². The van der Waals surface area contributed by atoms with Crippen molar-refractivity contribution in [1.82, 2.24) is 0 Å². The standard InChI is InChI=1S/C12H18Si/c1-3-7-11(8-4-1)13-12-9-5-2-6-10-12/h1,3-4,7-8,12H,2,5-6,9-10,13H2. The summed E-state index contributed by atoms with van der Waals surface area (Å²) in [7, 11) is 0.0428. The smallest absolute Gasteiger partial charge is 0.0578 e. The highest BCUT2D eigenvalue weighted by Crippen LogP contribution is 2.27. The number of rotatable bonds is 2. The van der Waals surface area contributed by atoms with Crippen LogP contribution < -0.4 is 5.19 Å². The Kier molecular flexibility index (Phi) is 3.20. The van der Waals surface area contributed by atoms with Gasteiger partial charge in [0.05, 0.1) is 9.52 Å². The molecule has 0 nitrogen and oxygen atoms in total. The summed E-state index contributed by atoms with van der Waals surface area (Å²) in [6.45, 7) is 0. The maximum absolute atomic E-state index is 2.32. The summed E-state index contributed by atoms with van der Waals surface area (Å²) >= 11 is 0. The zero-order chi connectivity index (χ0) is 8.93. The molecule has 0 amide bonds. The van der Waals surface area contributed by atoms with Crippen molar-refractivity contribution in [1.29, 1.82) is 0 Å². The molecule has 1 aliphatic carbocycles. The second kappa shape index (κ2) is 4.61. The summed E-state index contributed by atoms with van der Waals surface area (Å²) < 4.78 is 0. The van der Waals surface area contributed by atoms with E-state index in [4.69, 9.17) is 0 Å². The Bertz CT molecular complexity index is 237. The number of hydrogen-bond acceptors (Lipinski definition) is 0. The van der Waals surface area contributed by atoms with Crippen LogP contribution in [0.25, 0.3) is 0 Å². The van der Waals surface area contributed by atoms with Gasteiger partial charge >= 0.3 is 0 Å². The number of hydrogen-bond donors (Lipinski definition) is 0. The molecule has 70 valence electrons. The Morgan fingerprint density at radius 2 is 1.62 bits per heavy atom. The molecule has 0 radical (unpaired) electrons. The minimum absolute atomic E-state index is 0.0428. The maximum Gasteiger partial charge on any atom is 0.0578 e. The van der Waals surface area contributed by atoms with E-state index in [1.807, 2.05) is 0 Å². The Labute approximate surface area is 83.2 Å². The predicted octanol–water partition coefficient (Wildman–Crippen LogP) is 2.23. The van der Waals surface area contributed by atoms with Gasteiger partial charge in [-0.15, -0.1) is 0 Å². The lowest BCUT2D eigenvalue weighted by Crippen LogP contribution is -2.20. The van der Waals surface area contributed by atoms with Gasteiger partial charge in [0, 0.05) is 0 Å². The van der Waals surface area contributed by atoms with E-state index in [-0.39, 0.29) is 9.52 Å². The van der Waals surface area contributed by atoms with E-state index in [0.29, 0.717) is 0 Å². The molecule has 0 bridgehead atoms. The second-order valence-corrected chi connectivity index (χ2v) is 6.57. The highest BCUT2D eigenvalue weighted by Gasteiger charge is 2.13. The summed E-state index contributed by atoms with van der Waals surface area (Å²) in [4.78, 5) is 0. The monoisotopic (exact) mass is 190 g/mol. The molecule has 1 aromatic carbocycles. The average Bonchev–Trinajstić information content (AvgIpc) is 2.21. The van der Waals surface area contributed by atoms with E-state index in [1.54, 1.807) is 5.19 Å². The molecule has 0 saturated heterocycles. The van der Waals surface area contributed by atoms with Crippen molar-refractivity contribution < 1.29 is 0 Å².